The molecule has 19 heavy (non-hydrogen) atoms. The summed E-state index contributed by atoms with van der Waals surface area (Å²) in [5.41, 5.74) is -0.350. The maximum absolute atomic E-state index is 12.6. The second-order valence-electron chi connectivity index (χ2n) is 6.57. The highest BCUT2D eigenvalue weighted by molar-refractivity contribution is 5.86. The van der Waals surface area contributed by atoms with Gasteiger partial charge >= 0.3 is 5.97 Å². The largest absolute Gasteiger partial charge is 0.480 e. The van der Waals surface area contributed by atoms with E-state index in [9.17, 15) is 14.7 Å². The Morgan fingerprint density at radius 2 is 2.00 bits per heavy atom. The highest BCUT2D eigenvalue weighted by Crippen LogP contribution is 2.36. The van der Waals surface area contributed by atoms with Crippen molar-refractivity contribution in [2.45, 2.75) is 39.7 Å². The van der Waals surface area contributed by atoms with Crippen molar-refractivity contribution in [3.05, 3.63) is 0 Å². The van der Waals surface area contributed by atoms with Crippen LogP contribution in [0.3, 0.4) is 0 Å². The monoisotopic (exact) mass is 268 g/mol. The fourth-order valence-corrected chi connectivity index (χ4v) is 3.23. The molecule has 0 aromatic carbocycles. The number of rotatable bonds is 3. The summed E-state index contributed by atoms with van der Waals surface area (Å²) >= 11 is 0. The van der Waals surface area contributed by atoms with Gasteiger partial charge < -0.3 is 15.3 Å². The minimum absolute atomic E-state index is 0.00618. The SMILES string of the molecule is CC(C(=O)N1CCCC(C)(C)C1C(=O)O)C1CNC1. The molecule has 2 unspecified atom stereocenters. The quantitative estimate of drug-likeness (QED) is 0.799. The zero-order valence-corrected chi connectivity index (χ0v) is 12.0. The van der Waals surface area contributed by atoms with Crippen molar-refractivity contribution in [2.24, 2.45) is 17.3 Å². The Balaban J connectivity index is 2.15. The van der Waals surface area contributed by atoms with E-state index in [1.165, 1.54) is 0 Å². The predicted octanol–water partition coefficient (Wildman–Crippen LogP) is 0.944. The number of amides is 1. The third-order valence-corrected chi connectivity index (χ3v) is 4.70. The van der Waals surface area contributed by atoms with Gasteiger partial charge in [-0.1, -0.05) is 20.8 Å². The zero-order valence-electron chi connectivity index (χ0n) is 12.0. The molecule has 2 aliphatic rings. The lowest BCUT2D eigenvalue weighted by Crippen LogP contribution is -2.59. The molecule has 2 N–H and O–H groups in total. The topological polar surface area (TPSA) is 69.6 Å². The van der Waals surface area contributed by atoms with Crippen molar-refractivity contribution in [3.63, 3.8) is 0 Å². The number of carboxylic acid groups (broad SMARTS) is 1. The Morgan fingerprint density at radius 1 is 1.37 bits per heavy atom. The summed E-state index contributed by atoms with van der Waals surface area (Å²) in [6, 6.07) is -0.691. The van der Waals surface area contributed by atoms with Crippen molar-refractivity contribution >= 4 is 11.9 Å². The van der Waals surface area contributed by atoms with Crippen LogP contribution in [0.15, 0.2) is 0 Å². The van der Waals surface area contributed by atoms with E-state index >= 15 is 0 Å². The van der Waals surface area contributed by atoms with Gasteiger partial charge in [-0.3, -0.25) is 4.79 Å². The van der Waals surface area contributed by atoms with Crippen LogP contribution in [0, 0.1) is 17.3 Å². The molecule has 0 saturated carbocycles. The molecule has 2 saturated heterocycles. The smallest absolute Gasteiger partial charge is 0.326 e. The molecular weight excluding hydrogens is 244 g/mol. The van der Waals surface area contributed by atoms with Crippen molar-refractivity contribution in [2.75, 3.05) is 19.6 Å². The van der Waals surface area contributed by atoms with Crippen LogP contribution >= 0.6 is 0 Å². The van der Waals surface area contributed by atoms with Crippen molar-refractivity contribution < 1.29 is 14.7 Å². The normalized spacial score (nSPS) is 28.6. The van der Waals surface area contributed by atoms with E-state index in [1.807, 2.05) is 20.8 Å². The van der Waals surface area contributed by atoms with E-state index in [2.05, 4.69) is 5.32 Å². The minimum atomic E-state index is -0.878. The molecule has 0 aliphatic carbocycles. The molecule has 2 fully saturated rings. The second-order valence-corrected chi connectivity index (χ2v) is 6.57. The van der Waals surface area contributed by atoms with E-state index in [4.69, 9.17) is 0 Å². The highest BCUT2D eigenvalue weighted by atomic mass is 16.4. The summed E-state index contributed by atoms with van der Waals surface area (Å²) in [6.45, 7) is 8.11. The first kappa shape index (κ1) is 14.3. The van der Waals surface area contributed by atoms with Crippen LogP contribution in [0.1, 0.15) is 33.6 Å². The maximum Gasteiger partial charge on any atom is 0.326 e. The first-order valence-electron chi connectivity index (χ1n) is 7.08. The lowest BCUT2D eigenvalue weighted by molar-refractivity contribution is -0.161. The van der Waals surface area contributed by atoms with Crippen molar-refractivity contribution in [3.8, 4) is 0 Å². The van der Waals surface area contributed by atoms with E-state index in [1.54, 1.807) is 4.90 Å². The number of carbonyl (C=O) groups excluding carboxylic acids is 1. The number of hydrogen-bond acceptors (Lipinski definition) is 3. The van der Waals surface area contributed by atoms with E-state index < -0.39 is 12.0 Å². The molecule has 0 aromatic rings. The van der Waals surface area contributed by atoms with Crippen molar-refractivity contribution in [1.29, 1.82) is 0 Å². The van der Waals surface area contributed by atoms with Crippen LogP contribution in [0.25, 0.3) is 0 Å². The number of nitrogens with zero attached hydrogens (tertiary/aromatic N) is 1. The van der Waals surface area contributed by atoms with Gasteiger partial charge in [0.2, 0.25) is 5.91 Å². The van der Waals surface area contributed by atoms with Crippen LogP contribution in [-0.4, -0.2) is 47.6 Å². The molecule has 0 spiro atoms. The molecule has 2 rings (SSSR count). The Hall–Kier alpha value is -1.10. The first-order chi connectivity index (χ1) is 8.84. The molecule has 108 valence electrons. The molecule has 0 bridgehead atoms. The fraction of sp³-hybridized carbons (Fsp3) is 0.857. The van der Waals surface area contributed by atoms with Gasteiger partial charge in [0.1, 0.15) is 6.04 Å². The standard InChI is InChI=1S/C14H24N2O3/c1-9(10-7-15-8-10)12(17)16-6-4-5-14(2,3)11(16)13(18)19/h9-11,15H,4-8H2,1-3H3,(H,18,19). The highest BCUT2D eigenvalue weighted by Gasteiger charge is 2.46. The van der Waals surface area contributed by atoms with Crippen LogP contribution < -0.4 is 5.32 Å². The Kier molecular flexibility index (Phi) is 3.85. The van der Waals surface area contributed by atoms with Gasteiger partial charge in [-0.2, -0.15) is 0 Å². The van der Waals surface area contributed by atoms with Gasteiger partial charge in [0, 0.05) is 12.5 Å². The van der Waals surface area contributed by atoms with Gasteiger partial charge in [0.25, 0.3) is 0 Å². The third kappa shape index (κ3) is 2.61. The Morgan fingerprint density at radius 3 is 2.47 bits per heavy atom. The number of aliphatic carboxylic acids is 1. The van der Waals surface area contributed by atoms with Gasteiger partial charge in [-0.05, 0) is 37.3 Å². The van der Waals surface area contributed by atoms with Gasteiger partial charge in [0.15, 0.2) is 0 Å². The Bertz CT molecular complexity index is 377. The second kappa shape index (κ2) is 5.12. The number of carboxylic acids is 1. The summed E-state index contributed by atoms with van der Waals surface area (Å²) in [5, 5.41) is 12.6. The molecule has 1 amide bonds. The fourth-order valence-electron chi connectivity index (χ4n) is 3.23. The maximum atomic E-state index is 12.6. The van der Waals surface area contributed by atoms with Crippen LogP contribution in [0.2, 0.25) is 0 Å². The van der Waals surface area contributed by atoms with Gasteiger partial charge in [-0.25, -0.2) is 4.79 Å². The van der Waals surface area contributed by atoms with Gasteiger partial charge in [0.05, 0.1) is 0 Å². The summed E-state index contributed by atoms with van der Waals surface area (Å²) in [7, 11) is 0. The molecule has 5 heteroatoms. The lowest BCUT2D eigenvalue weighted by Gasteiger charge is -2.46. The zero-order chi connectivity index (χ0) is 14.2. The van der Waals surface area contributed by atoms with Crippen LogP contribution in [-0.2, 0) is 9.59 Å². The summed E-state index contributed by atoms with van der Waals surface area (Å²) < 4.78 is 0. The van der Waals surface area contributed by atoms with Gasteiger partial charge in [-0.15, -0.1) is 0 Å². The molecule has 0 aromatic heterocycles. The predicted molar refractivity (Wildman–Crippen MR) is 71.7 cm³/mol. The van der Waals surface area contributed by atoms with E-state index in [0.717, 1.165) is 25.9 Å². The van der Waals surface area contributed by atoms with Crippen LogP contribution in [0.5, 0.6) is 0 Å². The number of nitrogens with one attached hydrogen (secondary N) is 1. The molecule has 2 atom stereocenters. The minimum Gasteiger partial charge on any atom is -0.480 e. The number of likely N-dealkylation sites (tertiary alicyclic amines) is 1. The first-order valence-corrected chi connectivity index (χ1v) is 7.08. The summed E-state index contributed by atoms with van der Waals surface area (Å²) in [4.78, 5) is 25.7. The van der Waals surface area contributed by atoms with Crippen LogP contribution in [0.4, 0.5) is 0 Å². The van der Waals surface area contributed by atoms with Crippen molar-refractivity contribution in [1.82, 2.24) is 10.2 Å². The molecule has 2 heterocycles. The molecule has 5 nitrogen and oxygen atoms in total. The van der Waals surface area contributed by atoms with E-state index in [0.29, 0.717) is 12.5 Å². The summed E-state index contributed by atoms with van der Waals surface area (Å²) in [6.07, 6.45) is 1.74. The molecule has 2 aliphatic heterocycles. The average Bonchev–Trinajstić information content (AvgIpc) is 2.23. The number of carbonyl (C=O) groups is 2. The number of hydrogen-bond donors (Lipinski definition) is 2. The summed E-state index contributed by atoms with van der Waals surface area (Å²) in [5.74, 6) is -0.604. The Labute approximate surface area is 114 Å². The lowest BCUT2D eigenvalue weighted by atomic mass is 9.75. The molecule has 0 radical (unpaired) electrons. The number of piperidine rings is 1. The molecular formula is C14H24N2O3. The average molecular weight is 268 g/mol. The third-order valence-electron chi connectivity index (χ3n) is 4.70. The van der Waals surface area contributed by atoms with E-state index in [-0.39, 0.29) is 17.2 Å².